The van der Waals surface area contributed by atoms with Gasteiger partial charge in [-0.1, -0.05) is 53.2 Å². The van der Waals surface area contributed by atoms with Crippen molar-refractivity contribution < 1.29 is 40.7 Å². The first-order valence-electron chi connectivity index (χ1n) is 17.8. The molecule has 0 unspecified atom stereocenters. The highest BCUT2D eigenvalue weighted by molar-refractivity contribution is 6.15. The molecular formula is C40H50F6O3. The van der Waals surface area contributed by atoms with Gasteiger partial charge in [0.2, 0.25) is 0 Å². The third-order valence-electron chi connectivity index (χ3n) is 15.3. The molecule has 3 nitrogen and oxygen atoms in total. The lowest BCUT2D eigenvalue weighted by atomic mass is 9.33. The van der Waals surface area contributed by atoms with Crippen LogP contribution in [0.2, 0.25) is 0 Å². The third kappa shape index (κ3) is 5.11. The molecule has 0 amide bonds. The van der Waals surface area contributed by atoms with E-state index in [1.54, 1.807) is 12.5 Å². The molecule has 0 aromatic heterocycles. The highest BCUT2D eigenvalue weighted by Gasteiger charge is 2.70. The summed E-state index contributed by atoms with van der Waals surface area (Å²) in [6, 6.07) is 1.38. The van der Waals surface area contributed by atoms with Crippen molar-refractivity contribution in [2.75, 3.05) is 7.11 Å². The topological polar surface area (TPSA) is 43.4 Å². The molecule has 0 heterocycles. The minimum atomic E-state index is -5.03. The lowest BCUT2D eigenvalue weighted by molar-refractivity contribution is -0.192. The maximum absolute atomic E-state index is 14.4. The molecule has 0 saturated heterocycles. The summed E-state index contributed by atoms with van der Waals surface area (Å²) < 4.78 is 88.0. The van der Waals surface area contributed by atoms with Gasteiger partial charge in [0.05, 0.1) is 18.2 Å². The lowest BCUT2D eigenvalue weighted by Crippen LogP contribution is -2.66. The van der Waals surface area contributed by atoms with E-state index >= 15 is 0 Å². The Balaban J connectivity index is 1.50. The van der Waals surface area contributed by atoms with Gasteiger partial charge in [0.1, 0.15) is 5.41 Å². The Bertz CT molecular complexity index is 1590. The molecule has 9 heteroatoms. The second kappa shape index (κ2) is 11.2. The van der Waals surface area contributed by atoms with E-state index in [2.05, 4.69) is 47.6 Å². The molecule has 4 saturated carbocycles. The number of Topliss-reactive ketones (excluding diaryl/α,β-unsaturated/α-hetero) is 1. The number of methoxy groups -OCH3 is 1. The van der Waals surface area contributed by atoms with Crippen LogP contribution in [0.3, 0.4) is 0 Å². The fourth-order valence-electron chi connectivity index (χ4n) is 12.2. The van der Waals surface area contributed by atoms with Crippen molar-refractivity contribution in [1.82, 2.24) is 0 Å². The molecule has 5 aliphatic rings. The standard InChI is InChI=1S/C40H50F6O3/c1-22-11-13-34(3)15-16-36(5)28(31(34)23(22)2)9-10-29-35(4)21-25(17-24-18-26(39(41,42)43)20-27(19-24)40(44,45)46)32(47)38(7,33(48)49-8)30(35)12-14-37(29,36)6/h9,17-20,22-23,29-31H,10-16,21H2,1-8H3/b25-17+/t22-,23+,29-,30-,31+,34-,35-,36-,37-,38-/m1/s1. The van der Waals surface area contributed by atoms with Gasteiger partial charge in [-0.3, -0.25) is 9.59 Å². The molecule has 0 bridgehead atoms. The Kier molecular flexibility index (Phi) is 8.28. The van der Waals surface area contributed by atoms with E-state index in [9.17, 15) is 35.9 Å². The zero-order chi connectivity index (χ0) is 36.3. The van der Waals surface area contributed by atoms with E-state index in [1.807, 2.05) is 0 Å². The normalized spacial score (nSPS) is 43.1. The quantitative estimate of drug-likeness (QED) is 0.102. The maximum atomic E-state index is 14.4. The summed E-state index contributed by atoms with van der Waals surface area (Å²) in [5, 5.41) is 0. The summed E-state index contributed by atoms with van der Waals surface area (Å²) in [6.07, 6.45) is 0.410. The van der Waals surface area contributed by atoms with Gasteiger partial charge in [0, 0.05) is 0 Å². The Labute approximate surface area is 286 Å². The number of hydrogen-bond acceptors (Lipinski definition) is 3. The molecule has 4 fully saturated rings. The molecule has 6 rings (SSSR count). The molecule has 1 aromatic carbocycles. The fraction of sp³-hybridized carbons (Fsp3) is 0.700. The van der Waals surface area contributed by atoms with Gasteiger partial charge >= 0.3 is 18.3 Å². The van der Waals surface area contributed by atoms with E-state index in [4.69, 9.17) is 4.74 Å². The van der Waals surface area contributed by atoms with E-state index < -0.39 is 52.0 Å². The molecule has 1 aromatic rings. The van der Waals surface area contributed by atoms with Crippen LogP contribution in [0.1, 0.15) is 117 Å². The average Bonchev–Trinajstić information content (AvgIpc) is 3.01. The van der Waals surface area contributed by atoms with Crippen LogP contribution in [-0.2, 0) is 26.7 Å². The number of fused-ring (bicyclic) bond motifs is 7. The highest BCUT2D eigenvalue weighted by Crippen LogP contribution is 2.76. The Morgan fingerprint density at radius 1 is 0.857 bits per heavy atom. The van der Waals surface area contributed by atoms with E-state index in [0.29, 0.717) is 36.3 Å². The van der Waals surface area contributed by atoms with Gasteiger partial charge in [-0.05, 0) is 145 Å². The van der Waals surface area contributed by atoms with Gasteiger partial charge in [-0.15, -0.1) is 0 Å². The molecule has 0 radical (unpaired) electrons. The van der Waals surface area contributed by atoms with Crippen LogP contribution in [0, 0.1) is 56.7 Å². The number of halogens is 6. The van der Waals surface area contributed by atoms with Crippen molar-refractivity contribution in [3.63, 3.8) is 0 Å². The number of hydrogen-bond donors (Lipinski definition) is 0. The van der Waals surface area contributed by atoms with Crippen molar-refractivity contribution in [3.8, 4) is 0 Å². The molecule has 5 aliphatic carbocycles. The minimum absolute atomic E-state index is 0.0147. The molecule has 49 heavy (non-hydrogen) atoms. The summed E-state index contributed by atoms with van der Waals surface area (Å²) in [5.74, 6) is -0.0929. The van der Waals surface area contributed by atoms with E-state index in [-0.39, 0.29) is 45.8 Å². The second-order valence-corrected chi connectivity index (χ2v) is 17.5. The van der Waals surface area contributed by atoms with Crippen LogP contribution >= 0.6 is 0 Å². The van der Waals surface area contributed by atoms with Crippen LogP contribution in [0.15, 0.2) is 35.4 Å². The Hall–Kier alpha value is -2.58. The summed E-state index contributed by atoms with van der Waals surface area (Å²) in [4.78, 5) is 28.1. The molecule has 10 atom stereocenters. The van der Waals surface area contributed by atoms with Crippen molar-refractivity contribution in [2.24, 2.45) is 56.7 Å². The fourth-order valence-corrected chi connectivity index (χ4v) is 12.2. The molecular weight excluding hydrogens is 642 g/mol. The van der Waals surface area contributed by atoms with Crippen molar-refractivity contribution in [2.45, 2.75) is 112 Å². The van der Waals surface area contributed by atoms with Crippen LogP contribution in [0.4, 0.5) is 26.3 Å². The summed E-state index contributed by atoms with van der Waals surface area (Å²) in [5.41, 5.74) is -4.07. The van der Waals surface area contributed by atoms with E-state index in [0.717, 1.165) is 31.8 Å². The summed E-state index contributed by atoms with van der Waals surface area (Å²) in [7, 11) is 1.22. The number of alkyl halides is 6. The summed E-state index contributed by atoms with van der Waals surface area (Å²) >= 11 is 0. The molecule has 0 aliphatic heterocycles. The maximum Gasteiger partial charge on any atom is 0.416 e. The number of allylic oxidation sites excluding steroid dienone is 3. The number of rotatable bonds is 2. The summed E-state index contributed by atoms with van der Waals surface area (Å²) in [6.45, 7) is 15.6. The van der Waals surface area contributed by atoms with Crippen molar-refractivity contribution in [3.05, 3.63) is 52.1 Å². The molecule has 0 N–H and O–H groups in total. The van der Waals surface area contributed by atoms with Crippen LogP contribution in [0.5, 0.6) is 0 Å². The van der Waals surface area contributed by atoms with Crippen LogP contribution in [-0.4, -0.2) is 18.9 Å². The first-order chi connectivity index (χ1) is 22.5. The van der Waals surface area contributed by atoms with Gasteiger partial charge < -0.3 is 4.74 Å². The van der Waals surface area contributed by atoms with Gasteiger partial charge in [-0.2, -0.15) is 26.3 Å². The lowest BCUT2D eigenvalue weighted by Gasteiger charge is -2.71. The largest absolute Gasteiger partial charge is 0.468 e. The number of carbonyl (C=O) groups excluding carboxylic acids is 2. The van der Waals surface area contributed by atoms with E-state index in [1.165, 1.54) is 20.0 Å². The van der Waals surface area contributed by atoms with Crippen molar-refractivity contribution in [1.29, 1.82) is 0 Å². The number of ether oxygens (including phenoxy) is 1. The highest BCUT2D eigenvalue weighted by atomic mass is 19.4. The Morgan fingerprint density at radius 2 is 1.47 bits per heavy atom. The van der Waals surface area contributed by atoms with Crippen molar-refractivity contribution >= 4 is 17.8 Å². The first-order valence-corrected chi connectivity index (χ1v) is 17.8. The second-order valence-electron chi connectivity index (χ2n) is 17.5. The van der Waals surface area contributed by atoms with Gasteiger partial charge in [0.25, 0.3) is 0 Å². The number of esters is 1. The number of ketones is 1. The SMILES string of the molecule is COC(=O)[C@@]1(C)C(=O)/C(=C/c2cc(C(F)(F)F)cc(C(F)(F)F)c2)C[C@]2(C)[C@H]3CC=C4[C@@H]5[C@@H](C)[C@H](C)CC[C@]5(C)CC[C@@]4(C)[C@]3(C)CC[C@@H]12. The zero-order valence-electron chi connectivity index (χ0n) is 29.9. The zero-order valence-corrected chi connectivity index (χ0v) is 29.9. The average molecular weight is 693 g/mol. The molecule has 0 spiro atoms. The van der Waals surface area contributed by atoms with Gasteiger partial charge in [-0.25, -0.2) is 0 Å². The van der Waals surface area contributed by atoms with Gasteiger partial charge in [0.15, 0.2) is 5.78 Å². The first kappa shape index (κ1) is 36.2. The Morgan fingerprint density at radius 3 is 2.04 bits per heavy atom. The third-order valence-corrected chi connectivity index (χ3v) is 15.3. The predicted octanol–water partition coefficient (Wildman–Crippen LogP) is 11.1. The monoisotopic (exact) mass is 692 g/mol. The van der Waals surface area contributed by atoms with Crippen LogP contribution < -0.4 is 0 Å². The predicted molar refractivity (Wildman–Crippen MR) is 176 cm³/mol. The smallest absolute Gasteiger partial charge is 0.416 e. The minimum Gasteiger partial charge on any atom is -0.468 e. The van der Waals surface area contributed by atoms with Crippen LogP contribution in [0.25, 0.3) is 6.08 Å². The number of benzene rings is 1. The number of carbonyl (C=O) groups is 2. The molecule has 270 valence electrons.